The summed E-state index contributed by atoms with van der Waals surface area (Å²) in [6.07, 6.45) is 0.803. The Morgan fingerprint density at radius 3 is 2.52 bits per heavy atom. The Hall–Kier alpha value is -2.09. The molecule has 1 amide bonds. The third-order valence-electron chi connectivity index (χ3n) is 2.83. The largest absolute Gasteiger partial charge is 0.480 e. The first-order chi connectivity index (χ1) is 9.60. The summed E-state index contributed by atoms with van der Waals surface area (Å²) in [5.41, 5.74) is 6.88. The van der Waals surface area contributed by atoms with Crippen LogP contribution in [-0.4, -0.2) is 43.5 Å². The van der Waals surface area contributed by atoms with Crippen molar-refractivity contribution in [2.24, 2.45) is 0 Å². The van der Waals surface area contributed by atoms with Crippen LogP contribution < -0.4 is 11.1 Å². The van der Waals surface area contributed by atoms with Crippen LogP contribution in [0, 0.1) is 6.92 Å². The molecule has 1 aromatic carbocycles. The maximum absolute atomic E-state index is 12.1. The number of carboxylic acid groups (broad SMARTS) is 1. The minimum atomic E-state index is -3.31. The molecule has 1 aromatic rings. The van der Waals surface area contributed by atoms with Crippen LogP contribution in [0.15, 0.2) is 18.2 Å². The molecule has 8 heteroatoms. The van der Waals surface area contributed by atoms with E-state index in [9.17, 15) is 18.0 Å². The third kappa shape index (κ3) is 5.42. The lowest BCUT2D eigenvalue weighted by Gasteiger charge is -2.15. The highest BCUT2D eigenvalue weighted by atomic mass is 32.2. The molecule has 116 valence electrons. The number of aryl methyl sites for hydroxylation is 1. The van der Waals surface area contributed by atoms with Gasteiger partial charge in [-0.05, 0) is 25.5 Å². The van der Waals surface area contributed by atoms with Gasteiger partial charge in [0.2, 0.25) is 0 Å². The molecule has 0 aliphatic heterocycles. The van der Waals surface area contributed by atoms with Gasteiger partial charge in [0, 0.05) is 11.9 Å². The van der Waals surface area contributed by atoms with Gasteiger partial charge in [-0.15, -0.1) is 0 Å². The summed E-state index contributed by atoms with van der Waals surface area (Å²) in [7, 11) is -3.31. The average molecular weight is 314 g/mol. The SMILES string of the molecule is Cc1ccc(N)c(C(=O)NC(CCS(C)(=O)=O)C(=O)O)c1. The average Bonchev–Trinajstić information content (AvgIpc) is 2.35. The topological polar surface area (TPSA) is 127 Å². The van der Waals surface area contributed by atoms with Crippen molar-refractivity contribution in [2.45, 2.75) is 19.4 Å². The Bertz CT molecular complexity index is 655. The fraction of sp³-hybridized carbons (Fsp3) is 0.385. The molecule has 0 bridgehead atoms. The van der Waals surface area contributed by atoms with Crippen molar-refractivity contribution in [3.05, 3.63) is 29.3 Å². The highest BCUT2D eigenvalue weighted by Gasteiger charge is 2.23. The van der Waals surface area contributed by atoms with Crippen LogP contribution in [0.2, 0.25) is 0 Å². The Morgan fingerprint density at radius 1 is 1.38 bits per heavy atom. The highest BCUT2D eigenvalue weighted by molar-refractivity contribution is 7.90. The number of carbonyl (C=O) groups is 2. The van der Waals surface area contributed by atoms with E-state index in [2.05, 4.69) is 5.32 Å². The fourth-order valence-corrected chi connectivity index (χ4v) is 2.36. The van der Waals surface area contributed by atoms with Crippen LogP contribution in [0.25, 0.3) is 0 Å². The van der Waals surface area contributed by atoms with Crippen LogP contribution in [0.5, 0.6) is 0 Å². The first-order valence-electron chi connectivity index (χ1n) is 6.17. The summed E-state index contributed by atoms with van der Waals surface area (Å²) in [5, 5.41) is 11.3. The summed E-state index contributed by atoms with van der Waals surface area (Å²) in [4.78, 5) is 23.1. The summed E-state index contributed by atoms with van der Waals surface area (Å²) in [5.74, 6) is -2.26. The standard InChI is InChI=1S/C13H18N2O5S/c1-8-3-4-10(14)9(7-8)12(16)15-11(13(17)18)5-6-21(2,19)20/h3-4,7,11H,5-6,14H2,1-2H3,(H,15,16)(H,17,18). The third-order valence-corrected chi connectivity index (χ3v) is 3.81. The summed E-state index contributed by atoms with van der Waals surface area (Å²) < 4.78 is 22.2. The molecular formula is C13H18N2O5S. The van der Waals surface area contributed by atoms with E-state index in [4.69, 9.17) is 10.8 Å². The van der Waals surface area contributed by atoms with Gasteiger partial charge in [-0.1, -0.05) is 11.6 Å². The van der Waals surface area contributed by atoms with Crippen LogP contribution >= 0.6 is 0 Å². The van der Waals surface area contributed by atoms with Crippen LogP contribution in [0.1, 0.15) is 22.3 Å². The van der Waals surface area contributed by atoms with Gasteiger partial charge in [-0.25, -0.2) is 13.2 Å². The molecule has 1 atom stereocenters. The molecule has 0 saturated carbocycles. The van der Waals surface area contributed by atoms with Crippen molar-refractivity contribution in [3.8, 4) is 0 Å². The van der Waals surface area contributed by atoms with E-state index in [1.165, 1.54) is 0 Å². The molecule has 21 heavy (non-hydrogen) atoms. The monoisotopic (exact) mass is 314 g/mol. The first-order valence-corrected chi connectivity index (χ1v) is 8.23. The number of amides is 1. The molecule has 4 N–H and O–H groups in total. The maximum atomic E-state index is 12.1. The van der Waals surface area contributed by atoms with Crippen LogP contribution in [0.3, 0.4) is 0 Å². The zero-order valence-corrected chi connectivity index (χ0v) is 12.6. The van der Waals surface area contributed by atoms with E-state index >= 15 is 0 Å². The van der Waals surface area contributed by atoms with Crippen molar-refractivity contribution in [2.75, 3.05) is 17.7 Å². The first kappa shape index (κ1) is 17.0. The number of hydrogen-bond acceptors (Lipinski definition) is 5. The number of anilines is 1. The molecular weight excluding hydrogens is 296 g/mol. The Kier molecular flexibility index (Phi) is 5.31. The van der Waals surface area contributed by atoms with Crippen molar-refractivity contribution >= 4 is 27.4 Å². The minimum absolute atomic E-state index is 0.167. The van der Waals surface area contributed by atoms with Crippen LogP contribution in [-0.2, 0) is 14.6 Å². The number of hydrogen-bond donors (Lipinski definition) is 3. The zero-order chi connectivity index (χ0) is 16.2. The minimum Gasteiger partial charge on any atom is -0.480 e. The maximum Gasteiger partial charge on any atom is 0.326 e. The number of nitrogen functional groups attached to an aromatic ring is 1. The van der Waals surface area contributed by atoms with Gasteiger partial charge in [0.15, 0.2) is 0 Å². The normalized spacial score (nSPS) is 12.7. The summed E-state index contributed by atoms with van der Waals surface area (Å²) >= 11 is 0. The lowest BCUT2D eigenvalue weighted by atomic mass is 10.1. The van der Waals surface area contributed by atoms with Crippen molar-refractivity contribution in [1.29, 1.82) is 0 Å². The predicted octanol–water partition coefficient (Wildman–Crippen LogP) is 0.195. The molecule has 0 spiro atoms. The quantitative estimate of drug-likeness (QED) is 0.644. The van der Waals surface area contributed by atoms with Gasteiger partial charge in [0.05, 0.1) is 11.3 Å². The molecule has 0 radical (unpaired) electrons. The molecule has 0 fully saturated rings. The number of aliphatic carboxylic acids is 1. The second-order valence-electron chi connectivity index (χ2n) is 4.87. The van der Waals surface area contributed by atoms with Gasteiger partial charge >= 0.3 is 5.97 Å². The number of carbonyl (C=O) groups excluding carboxylic acids is 1. The zero-order valence-electron chi connectivity index (χ0n) is 11.8. The molecule has 0 heterocycles. The second kappa shape index (κ2) is 6.57. The number of rotatable bonds is 6. The van der Waals surface area contributed by atoms with E-state index < -0.39 is 27.8 Å². The Labute approximate surface area is 123 Å². The predicted molar refractivity (Wildman–Crippen MR) is 78.8 cm³/mol. The Balaban J connectivity index is 2.86. The summed E-state index contributed by atoms with van der Waals surface area (Å²) in [6, 6.07) is 3.54. The van der Waals surface area contributed by atoms with Gasteiger partial charge in [0.25, 0.3) is 5.91 Å². The van der Waals surface area contributed by atoms with Crippen LogP contribution in [0.4, 0.5) is 5.69 Å². The van der Waals surface area contributed by atoms with E-state index in [1.807, 2.05) is 0 Å². The fourth-order valence-electron chi connectivity index (χ4n) is 1.69. The van der Waals surface area contributed by atoms with Gasteiger partial charge in [-0.2, -0.15) is 0 Å². The molecule has 0 aliphatic rings. The van der Waals surface area contributed by atoms with Gasteiger partial charge in [-0.3, -0.25) is 4.79 Å². The second-order valence-corrected chi connectivity index (χ2v) is 7.13. The molecule has 1 unspecified atom stereocenters. The van der Waals surface area contributed by atoms with E-state index in [0.717, 1.165) is 11.8 Å². The van der Waals surface area contributed by atoms with E-state index in [0.29, 0.717) is 0 Å². The van der Waals surface area contributed by atoms with Gasteiger partial charge < -0.3 is 16.2 Å². The lowest BCUT2D eigenvalue weighted by Crippen LogP contribution is -2.42. The van der Waals surface area contributed by atoms with Crippen molar-refractivity contribution in [1.82, 2.24) is 5.32 Å². The number of nitrogens with one attached hydrogen (secondary N) is 1. The summed E-state index contributed by atoms with van der Waals surface area (Å²) in [6.45, 7) is 1.77. The van der Waals surface area contributed by atoms with Crippen molar-refractivity contribution in [3.63, 3.8) is 0 Å². The molecule has 0 aromatic heterocycles. The lowest BCUT2D eigenvalue weighted by molar-refractivity contribution is -0.139. The van der Waals surface area contributed by atoms with E-state index in [-0.39, 0.29) is 23.4 Å². The molecule has 0 aliphatic carbocycles. The molecule has 0 saturated heterocycles. The smallest absolute Gasteiger partial charge is 0.326 e. The molecule has 7 nitrogen and oxygen atoms in total. The van der Waals surface area contributed by atoms with Gasteiger partial charge in [0.1, 0.15) is 15.9 Å². The number of sulfone groups is 1. The Morgan fingerprint density at radius 2 is 2.00 bits per heavy atom. The number of nitrogens with two attached hydrogens (primary N) is 1. The highest BCUT2D eigenvalue weighted by Crippen LogP contribution is 2.14. The molecule has 1 rings (SSSR count). The number of benzene rings is 1. The van der Waals surface area contributed by atoms with Crippen molar-refractivity contribution < 1.29 is 23.1 Å². The number of carboxylic acids is 1. The van der Waals surface area contributed by atoms with E-state index in [1.54, 1.807) is 25.1 Å².